The van der Waals surface area contributed by atoms with E-state index in [-0.39, 0.29) is 17.7 Å². The smallest absolute Gasteiger partial charge is 0.306 e. The Morgan fingerprint density at radius 3 is 1.38 bits per heavy atom. The molecule has 9 aromatic heterocycles. The normalized spacial score (nSPS) is 10.2. The number of terminal acetylenes is 1. The standard InChI is InChI=1S/C18H16N4O.C13H10N4O.C13H7N3.C7H5N.C6H3BrN2.C5H10O2/c1-3-13(2)18-21-17(22-23-18)14-7-8-16(20-12-14)10-9-15-6-4-5-11-19-15;14-13(17-18)10-4-5-12(16-9-10)7-6-11-3-1-2-8-15-11;1-14-13-8-7-12(16-10-13)6-5-11-4-2-3-9-15-11;1-2-7-5-3-4-6-8-7;1-8-5-2-3-6(7)9-4-5;1-3-4(2)5(6)7/h4-8,11-13H,3H2,1-2H3;1-5,8-9,18H,(H2,14,17);2-4,7-10H;1,3-6H;2-4H;4H,3H2,1-2H3,(H,6,7). The molecule has 0 amide bonds. The van der Waals surface area contributed by atoms with E-state index in [0.29, 0.717) is 62.8 Å². The van der Waals surface area contributed by atoms with Crippen LogP contribution >= 0.6 is 15.9 Å². The second kappa shape index (κ2) is 35.9. The maximum Gasteiger partial charge on any atom is 0.306 e. The molecule has 4 N–H and O–H groups in total. The van der Waals surface area contributed by atoms with E-state index >= 15 is 0 Å². The summed E-state index contributed by atoms with van der Waals surface area (Å²) in [5.41, 5.74) is 12.6. The number of halogens is 1. The average molecular weight is 1140 g/mol. The quantitative estimate of drug-likeness (QED) is 0.0266. The maximum absolute atomic E-state index is 9.93. The van der Waals surface area contributed by atoms with Crippen LogP contribution < -0.4 is 5.73 Å². The minimum absolute atomic E-state index is 0.0201. The lowest BCUT2D eigenvalue weighted by molar-refractivity contribution is -0.141. The molecule has 0 saturated heterocycles. The van der Waals surface area contributed by atoms with Gasteiger partial charge < -0.3 is 20.6 Å². The minimum Gasteiger partial charge on any atom is -0.481 e. The van der Waals surface area contributed by atoms with Gasteiger partial charge in [0.15, 0.2) is 5.84 Å². The Kier molecular flexibility index (Phi) is 27.6. The number of nitrogens with zero attached hydrogens (tertiary/aromatic N) is 13. The third-order valence-corrected chi connectivity index (χ3v) is 10.6. The zero-order chi connectivity index (χ0) is 58.5. The van der Waals surface area contributed by atoms with Gasteiger partial charge in [0.05, 0.1) is 19.1 Å². The average Bonchev–Trinajstić information content (AvgIpc) is 4.04. The van der Waals surface area contributed by atoms with Crippen molar-refractivity contribution in [3.8, 4) is 59.3 Å². The number of hydrogen-bond acceptors (Lipinski definition) is 14. The third-order valence-electron chi connectivity index (χ3n) is 10.2. The molecule has 2 unspecified atom stereocenters. The molecule has 18 nitrogen and oxygen atoms in total. The first kappa shape index (κ1) is 62.3. The van der Waals surface area contributed by atoms with E-state index in [1.807, 2.05) is 85.8 Å². The lowest BCUT2D eigenvalue weighted by atomic mass is 10.1. The van der Waals surface area contributed by atoms with Gasteiger partial charge in [-0.25, -0.2) is 39.6 Å². The second-order valence-electron chi connectivity index (χ2n) is 16.0. The summed E-state index contributed by atoms with van der Waals surface area (Å²) in [6, 6.07) is 36.2. The van der Waals surface area contributed by atoms with Gasteiger partial charge in [-0.05, 0) is 149 Å². The molecule has 81 heavy (non-hydrogen) atoms. The van der Waals surface area contributed by atoms with Gasteiger partial charge in [0.1, 0.15) is 44.5 Å². The number of nitrogens with two attached hydrogens (primary N) is 1. The maximum atomic E-state index is 9.93. The molecule has 2 atom stereocenters. The largest absolute Gasteiger partial charge is 0.481 e. The van der Waals surface area contributed by atoms with Crippen LogP contribution in [0.2, 0.25) is 0 Å². The molecule has 0 spiro atoms. The van der Waals surface area contributed by atoms with Crippen LogP contribution in [0, 0.1) is 66.9 Å². The monoisotopic (exact) mass is 1130 g/mol. The Labute approximate surface area is 478 Å². The summed E-state index contributed by atoms with van der Waals surface area (Å²) in [6.45, 7) is 21.1. The van der Waals surface area contributed by atoms with Crippen LogP contribution in [-0.2, 0) is 4.79 Å². The zero-order valence-electron chi connectivity index (χ0n) is 44.3. The van der Waals surface area contributed by atoms with E-state index in [4.69, 9.17) is 40.1 Å². The highest BCUT2D eigenvalue weighted by molar-refractivity contribution is 9.10. The lowest BCUT2D eigenvalue weighted by Gasteiger charge is -1.98. The molecule has 0 aliphatic rings. The number of rotatable bonds is 6. The molecule has 0 radical (unpaired) electrons. The van der Waals surface area contributed by atoms with Crippen LogP contribution in [0.1, 0.15) is 97.8 Å². The van der Waals surface area contributed by atoms with Gasteiger partial charge in [0.25, 0.3) is 0 Å². The molecule has 0 bridgehead atoms. The van der Waals surface area contributed by atoms with Crippen LogP contribution in [0.3, 0.4) is 0 Å². The Morgan fingerprint density at radius 1 is 0.617 bits per heavy atom. The number of hydrogen-bond donors (Lipinski definition) is 3. The van der Waals surface area contributed by atoms with Crippen molar-refractivity contribution in [1.29, 1.82) is 0 Å². The second-order valence-corrected chi connectivity index (χ2v) is 16.8. The van der Waals surface area contributed by atoms with Crippen molar-refractivity contribution in [2.24, 2.45) is 16.8 Å². The Hall–Kier alpha value is -11.2. The number of carboxylic acid groups (broad SMARTS) is 1. The molecule has 9 heterocycles. The van der Waals surface area contributed by atoms with Crippen LogP contribution in [0.5, 0.6) is 0 Å². The molecule has 0 aliphatic carbocycles. The van der Waals surface area contributed by atoms with Crippen LogP contribution in [-0.4, -0.2) is 72.1 Å². The number of aliphatic carboxylic acids is 1. The van der Waals surface area contributed by atoms with Gasteiger partial charge in [-0.1, -0.05) is 80.3 Å². The molecule has 400 valence electrons. The molecule has 9 rings (SSSR count). The zero-order valence-corrected chi connectivity index (χ0v) is 45.9. The Morgan fingerprint density at radius 2 is 1.06 bits per heavy atom. The van der Waals surface area contributed by atoms with Gasteiger partial charge in [-0.15, -0.1) is 6.42 Å². The van der Waals surface area contributed by atoms with E-state index in [0.717, 1.165) is 28.7 Å². The molecule has 0 aliphatic heterocycles. The first-order chi connectivity index (χ1) is 39.4. The van der Waals surface area contributed by atoms with Crippen LogP contribution in [0.15, 0.2) is 185 Å². The minimum atomic E-state index is -0.706. The van der Waals surface area contributed by atoms with Crippen LogP contribution in [0.4, 0.5) is 11.4 Å². The molecule has 0 saturated carbocycles. The van der Waals surface area contributed by atoms with Crippen molar-refractivity contribution in [1.82, 2.24) is 50.0 Å². The highest BCUT2D eigenvalue weighted by atomic mass is 79.9. The molecular formula is C62H51BrN14O4. The van der Waals surface area contributed by atoms with E-state index in [9.17, 15) is 4.79 Å². The summed E-state index contributed by atoms with van der Waals surface area (Å²) in [5.74, 6) is 20.5. The van der Waals surface area contributed by atoms with E-state index < -0.39 is 5.97 Å². The fourth-order valence-electron chi connectivity index (χ4n) is 5.28. The highest BCUT2D eigenvalue weighted by Gasteiger charge is 2.14. The molecule has 9 aromatic rings. The number of pyridine rings is 8. The Balaban J connectivity index is 0.000000220. The number of carboxylic acids is 1. The fourth-order valence-corrected chi connectivity index (χ4v) is 5.52. The fraction of sp³-hybridized carbons (Fsp3) is 0.129. The summed E-state index contributed by atoms with van der Waals surface area (Å²) in [6.07, 6.45) is 19.7. The number of aromatic nitrogens is 10. The van der Waals surface area contributed by atoms with E-state index in [1.54, 1.807) is 80.4 Å². The predicted octanol–water partition coefficient (Wildman–Crippen LogP) is 11.4. The van der Waals surface area contributed by atoms with Crippen molar-refractivity contribution in [2.75, 3.05) is 0 Å². The Bertz CT molecular complexity index is 3690. The summed E-state index contributed by atoms with van der Waals surface area (Å²) < 4.78 is 6.04. The molecular weight excluding hydrogens is 1080 g/mol. The first-order valence-electron chi connectivity index (χ1n) is 24.3. The van der Waals surface area contributed by atoms with Crippen molar-refractivity contribution in [3.63, 3.8) is 0 Å². The van der Waals surface area contributed by atoms with Gasteiger partial charge in [0.2, 0.25) is 23.1 Å². The first-order valence-corrected chi connectivity index (χ1v) is 25.1. The third kappa shape index (κ3) is 24.1. The predicted molar refractivity (Wildman–Crippen MR) is 312 cm³/mol. The van der Waals surface area contributed by atoms with Crippen LogP contribution in [0.25, 0.3) is 21.1 Å². The van der Waals surface area contributed by atoms with Gasteiger partial charge in [0, 0.05) is 66.6 Å². The number of carbonyl (C=O) groups is 1. The van der Waals surface area contributed by atoms with Gasteiger partial charge in [-0.3, -0.25) is 14.8 Å². The number of amidine groups is 1. The summed E-state index contributed by atoms with van der Waals surface area (Å²) in [7, 11) is 0. The van der Waals surface area contributed by atoms with Gasteiger partial charge >= 0.3 is 5.97 Å². The van der Waals surface area contributed by atoms with Crippen molar-refractivity contribution < 1.29 is 19.6 Å². The lowest BCUT2D eigenvalue weighted by Crippen LogP contribution is -2.13. The highest BCUT2D eigenvalue weighted by Crippen LogP contribution is 2.21. The molecule has 0 aromatic carbocycles. The topological polar surface area (TPSA) is 247 Å². The molecule has 0 fully saturated rings. The van der Waals surface area contributed by atoms with Crippen molar-refractivity contribution >= 4 is 39.1 Å². The van der Waals surface area contributed by atoms with Crippen molar-refractivity contribution in [2.45, 2.75) is 46.5 Å². The summed E-state index contributed by atoms with van der Waals surface area (Å²) in [4.78, 5) is 53.3. The van der Waals surface area contributed by atoms with Crippen molar-refractivity contribution in [3.05, 3.63) is 250 Å². The number of oxime groups is 1. The summed E-state index contributed by atoms with van der Waals surface area (Å²) >= 11 is 3.16. The molecule has 19 heteroatoms. The van der Waals surface area contributed by atoms with E-state index in [2.05, 4.69) is 136 Å². The SMILES string of the molecule is C#Cc1ccccn1.CCC(C)C(=O)O.CCC(C)c1nc(-c2ccc(C#Cc3ccccn3)nc2)no1.N/C(=N\O)c1ccc(C#Cc2ccccn2)nc1.[C-]#[N+]c1ccc(Br)nc1.[C-]#[N+]c1ccc(C#Cc2ccccn2)nc1. The van der Waals surface area contributed by atoms with Gasteiger partial charge in [-0.2, -0.15) is 4.98 Å². The van der Waals surface area contributed by atoms with E-state index in [1.165, 1.54) is 18.6 Å². The summed E-state index contributed by atoms with van der Waals surface area (Å²) in [5, 5.41) is 23.6.